The van der Waals surface area contributed by atoms with Crippen molar-refractivity contribution in [2.24, 2.45) is 0 Å². The Labute approximate surface area is 109 Å². The van der Waals surface area contributed by atoms with E-state index in [1.165, 1.54) is 13.4 Å². The standard InChI is InChI=1S/C13H12N2O2S/c1-17-13(16)11-5-3-2-4-10(11)8-18-12-6-7-14-9-15-12/h2-7,9H,8H2,1H3. The smallest absolute Gasteiger partial charge is 0.338 e. The minimum atomic E-state index is -0.311. The summed E-state index contributed by atoms with van der Waals surface area (Å²) in [6, 6.07) is 9.25. The molecule has 0 saturated carbocycles. The van der Waals surface area contributed by atoms with Gasteiger partial charge < -0.3 is 4.74 Å². The number of rotatable bonds is 4. The summed E-state index contributed by atoms with van der Waals surface area (Å²) in [5.41, 5.74) is 1.54. The number of carbonyl (C=O) groups is 1. The monoisotopic (exact) mass is 260 g/mol. The summed E-state index contributed by atoms with van der Waals surface area (Å²) >= 11 is 1.56. The normalized spacial score (nSPS) is 10.1. The number of hydrogen-bond acceptors (Lipinski definition) is 5. The topological polar surface area (TPSA) is 52.1 Å². The Hall–Kier alpha value is -1.88. The molecule has 0 bridgehead atoms. The van der Waals surface area contributed by atoms with Crippen LogP contribution in [-0.4, -0.2) is 23.0 Å². The molecule has 0 amide bonds. The first-order valence-electron chi connectivity index (χ1n) is 5.36. The van der Waals surface area contributed by atoms with E-state index in [9.17, 15) is 4.79 Å². The molecule has 0 saturated heterocycles. The van der Waals surface area contributed by atoms with Gasteiger partial charge in [-0.1, -0.05) is 18.2 Å². The molecule has 0 aliphatic carbocycles. The highest BCUT2D eigenvalue weighted by Gasteiger charge is 2.10. The van der Waals surface area contributed by atoms with Crippen LogP contribution >= 0.6 is 11.8 Å². The Morgan fingerprint density at radius 1 is 1.33 bits per heavy atom. The van der Waals surface area contributed by atoms with Gasteiger partial charge in [0.2, 0.25) is 0 Å². The zero-order chi connectivity index (χ0) is 12.8. The highest BCUT2D eigenvalue weighted by Crippen LogP contribution is 2.22. The molecule has 0 aliphatic rings. The van der Waals surface area contributed by atoms with Crippen molar-refractivity contribution in [2.45, 2.75) is 10.8 Å². The average Bonchev–Trinajstić information content (AvgIpc) is 2.45. The van der Waals surface area contributed by atoms with Gasteiger partial charge in [-0.05, 0) is 17.7 Å². The van der Waals surface area contributed by atoms with E-state index in [4.69, 9.17) is 4.74 Å². The van der Waals surface area contributed by atoms with E-state index in [-0.39, 0.29) is 5.97 Å². The number of carbonyl (C=O) groups excluding carboxylic acids is 1. The molecule has 0 aliphatic heterocycles. The van der Waals surface area contributed by atoms with Crippen LogP contribution in [0, 0.1) is 0 Å². The number of benzene rings is 1. The first-order valence-corrected chi connectivity index (χ1v) is 6.35. The summed E-state index contributed by atoms with van der Waals surface area (Å²) in [4.78, 5) is 19.6. The quantitative estimate of drug-likeness (QED) is 0.480. The maximum atomic E-state index is 11.6. The fourth-order valence-corrected chi connectivity index (χ4v) is 2.30. The Bertz CT molecular complexity index is 532. The van der Waals surface area contributed by atoms with E-state index in [0.717, 1.165) is 10.6 Å². The molecule has 1 heterocycles. The van der Waals surface area contributed by atoms with Gasteiger partial charge in [0.15, 0.2) is 0 Å². The van der Waals surface area contributed by atoms with Crippen LogP contribution < -0.4 is 0 Å². The molecular weight excluding hydrogens is 248 g/mol. The summed E-state index contributed by atoms with van der Waals surface area (Å²) in [6.07, 6.45) is 3.20. The second kappa shape index (κ2) is 6.16. The van der Waals surface area contributed by atoms with E-state index >= 15 is 0 Å². The van der Waals surface area contributed by atoms with Gasteiger partial charge >= 0.3 is 5.97 Å². The number of ether oxygens (including phenoxy) is 1. The molecule has 2 aromatic rings. The minimum absolute atomic E-state index is 0.311. The number of aromatic nitrogens is 2. The highest BCUT2D eigenvalue weighted by atomic mass is 32.2. The summed E-state index contributed by atoms with van der Waals surface area (Å²) in [6.45, 7) is 0. The summed E-state index contributed by atoms with van der Waals surface area (Å²) < 4.78 is 4.76. The second-order valence-electron chi connectivity index (χ2n) is 3.49. The van der Waals surface area contributed by atoms with E-state index < -0.39 is 0 Å². The maximum Gasteiger partial charge on any atom is 0.338 e. The summed E-state index contributed by atoms with van der Waals surface area (Å²) in [7, 11) is 1.39. The van der Waals surface area contributed by atoms with Crippen molar-refractivity contribution >= 4 is 17.7 Å². The van der Waals surface area contributed by atoms with Crippen molar-refractivity contribution < 1.29 is 9.53 Å². The fraction of sp³-hybridized carbons (Fsp3) is 0.154. The third-order valence-corrected chi connectivity index (χ3v) is 3.35. The lowest BCUT2D eigenvalue weighted by molar-refractivity contribution is 0.0600. The maximum absolute atomic E-state index is 11.6. The largest absolute Gasteiger partial charge is 0.465 e. The first kappa shape index (κ1) is 12.6. The van der Waals surface area contributed by atoms with Crippen LogP contribution in [-0.2, 0) is 10.5 Å². The molecule has 92 valence electrons. The number of hydrogen-bond donors (Lipinski definition) is 0. The van der Waals surface area contributed by atoms with Gasteiger partial charge in [-0.15, -0.1) is 11.8 Å². The van der Waals surface area contributed by atoms with E-state index in [0.29, 0.717) is 11.3 Å². The molecule has 2 rings (SSSR count). The summed E-state index contributed by atoms with van der Waals surface area (Å²) in [5, 5.41) is 0.879. The summed E-state index contributed by atoms with van der Waals surface area (Å²) in [5.74, 6) is 0.358. The van der Waals surface area contributed by atoms with Crippen LogP contribution in [0.3, 0.4) is 0 Å². The molecule has 0 unspecified atom stereocenters. The molecule has 4 nitrogen and oxygen atoms in total. The molecule has 0 fully saturated rings. The highest BCUT2D eigenvalue weighted by molar-refractivity contribution is 7.98. The Kier molecular flexibility index (Phi) is 4.30. The van der Waals surface area contributed by atoms with Crippen molar-refractivity contribution in [1.29, 1.82) is 0 Å². The number of esters is 1. The van der Waals surface area contributed by atoms with Crippen molar-refractivity contribution in [1.82, 2.24) is 9.97 Å². The van der Waals surface area contributed by atoms with Crippen molar-refractivity contribution in [2.75, 3.05) is 7.11 Å². The Morgan fingerprint density at radius 3 is 2.89 bits per heavy atom. The molecule has 0 spiro atoms. The lowest BCUT2D eigenvalue weighted by Gasteiger charge is -2.06. The van der Waals surface area contributed by atoms with Crippen molar-refractivity contribution in [3.63, 3.8) is 0 Å². The third kappa shape index (κ3) is 3.07. The second-order valence-corrected chi connectivity index (χ2v) is 4.48. The van der Waals surface area contributed by atoms with Gasteiger partial charge in [-0.3, -0.25) is 0 Å². The molecule has 1 aromatic heterocycles. The molecule has 0 N–H and O–H groups in total. The van der Waals surface area contributed by atoms with Crippen LogP contribution in [0.2, 0.25) is 0 Å². The minimum Gasteiger partial charge on any atom is -0.465 e. The van der Waals surface area contributed by atoms with Crippen LogP contribution in [0.25, 0.3) is 0 Å². The van der Waals surface area contributed by atoms with Crippen LogP contribution in [0.15, 0.2) is 47.9 Å². The molecule has 0 radical (unpaired) electrons. The van der Waals surface area contributed by atoms with Crippen molar-refractivity contribution in [3.05, 3.63) is 54.0 Å². The molecule has 18 heavy (non-hydrogen) atoms. The first-order chi connectivity index (χ1) is 8.81. The Morgan fingerprint density at radius 2 is 2.17 bits per heavy atom. The number of nitrogens with zero attached hydrogens (tertiary/aromatic N) is 2. The zero-order valence-corrected chi connectivity index (χ0v) is 10.7. The van der Waals surface area contributed by atoms with Gasteiger partial charge in [-0.25, -0.2) is 14.8 Å². The third-order valence-electron chi connectivity index (χ3n) is 2.35. The SMILES string of the molecule is COC(=O)c1ccccc1CSc1ccncn1. The van der Waals surface area contributed by atoms with Crippen LogP contribution in [0.4, 0.5) is 0 Å². The number of thioether (sulfide) groups is 1. The van der Waals surface area contributed by atoms with Crippen LogP contribution in [0.1, 0.15) is 15.9 Å². The van der Waals surface area contributed by atoms with Gasteiger partial charge in [-0.2, -0.15) is 0 Å². The Balaban J connectivity index is 2.12. The average molecular weight is 260 g/mol. The molecule has 1 aromatic carbocycles. The van der Waals surface area contributed by atoms with E-state index in [2.05, 4.69) is 9.97 Å². The zero-order valence-electron chi connectivity index (χ0n) is 9.87. The predicted molar refractivity (Wildman–Crippen MR) is 69.4 cm³/mol. The lowest BCUT2D eigenvalue weighted by atomic mass is 10.1. The van der Waals surface area contributed by atoms with E-state index in [1.807, 2.05) is 24.3 Å². The van der Waals surface area contributed by atoms with E-state index in [1.54, 1.807) is 24.0 Å². The molecular formula is C13H12N2O2S. The predicted octanol–water partition coefficient (Wildman–Crippen LogP) is 2.56. The van der Waals surface area contributed by atoms with Gasteiger partial charge in [0.25, 0.3) is 0 Å². The van der Waals surface area contributed by atoms with Gasteiger partial charge in [0, 0.05) is 11.9 Å². The molecule has 0 atom stereocenters. The number of methoxy groups -OCH3 is 1. The van der Waals surface area contributed by atoms with Crippen molar-refractivity contribution in [3.8, 4) is 0 Å². The van der Waals surface area contributed by atoms with Crippen LogP contribution in [0.5, 0.6) is 0 Å². The van der Waals surface area contributed by atoms with Gasteiger partial charge in [0.1, 0.15) is 6.33 Å². The lowest BCUT2D eigenvalue weighted by Crippen LogP contribution is -2.04. The molecule has 5 heteroatoms. The van der Waals surface area contributed by atoms with Gasteiger partial charge in [0.05, 0.1) is 17.7 Å². The fourth-order valence-electron chi connectivity index (χ4n) is 1.47.